The summed E-state index contributed by atoms with van der Waals surface area (Å²) in [5.41, 5.74) is 4.65. The molecule has 0 atom stereocenters. The zero-order chi connectivity index (χ0) is 20.1. The Labute approximate surface area is 171 Å². The highest BCUT2D eigenvalue weighted by Crippen LogP contribution is 2.28. The lowest BCUT2D eigenvalue weighted by Crippen LogP contribution is -2.18. The second-order valence-corrected chi connectivity index (χ2v) is 9.91. The van der Waals surface area contributed by atoms with Crippen molar-refractivity contribution in [2.24, 2.45) is 0 Å². The van der Waals surface area contributed by atoms with Gasteiger partial charge in [-0.2, -0.15) is 0 Å². The molecule has 1 amide bonds. The first-order valence-electron chi connectivity index (χ1n) is 9.52. The van der Waals surface area contributed by atoms with E-state index in [0.29, 0.717) is 29.1 Å². The molecule has 0 aliphatic heterocycles. The van der Waals surface area contributed by atoms with Gasteiger partial charge in [-0.1, -0.05) is 19.1 Å². The number of anilines is 2. The number of aryl methyl sites for hydroxylation is 2. The maximum absolute atomic E-state index is 12.4. The first-order valence-corrected chi connectivity index (χ1v) is 12.2. The van der Waals surface area contributed by atoms with Crippen molar-refractivity contribution in [2.75, 3.05) is 21.5 Å². The van der Waals surface area contributed by atoms with Gasteiger partial charge in [0.05, 0.1) is 17.2 Å². The molecule has 0 bridgehead atoms. The van der Waals surface area contributed by atoms with E-state index >= 15 is 0 Å². The predicted molar refractivity (Wildman–Crippen MR) is 117 cm³/mol. The molecule has 0 spiro atoms. The summed E-state index contributed by atoms with van der Waals surface area (Å²) in [6.45, 7) is 3.62. The van der Waals surface area contributed by atoms with Gasteiger partial charge in [-0.25, -0.2) is 8.42 Å². The highest BCUT2D eigenvalue weighted by molar-refractivity contribution is 8.00. The van der Waals surface area contributed by atoms with Crippen LogP contribution in [0.15, 0.2) is 41.3 Å². The number of fused-ring (bicyclic) bond motifs is 1. The third-order valence-corrected chi connectivity index (χ3v) is 7.26. The highest BCUT2D eigenvalue weighted by Gasteiger charge is 2.14. The summed E-state index contributed by atoms with van der Waals surface area (Å²) in [6, 6.07) is 11.7. The molecule has 2 aromatic rings. The van der Waals surface area contributed by atoms with Crippen molar-refractivity contribution >= 4 is 39.1 Å². The molecule has 1 aliphatic rings. The van der Waals surface area contributed by atoms with E-state index in [1.807, 2.05) is 6.92 Å². The molecule has 0 aromatic heterocycles. The summed E-state index contributed by atoms with van der Waals surface area (Å²) in [5.74, 6) is 0.270. The van der Waals surface area contributed by atoms with Crippen LogP contribution in [0, 0.1) is 6.92 Å². The van der Waals surface area contributed by atoms with Crippen molar-refractivity contribution < 1.29 is 13.2 Å². The minimum absolute atomic E-state index is 0.0699. The molecule has 3 rings (SSSR count). The van der Waals surface area contributed by atoms with E-state index in [4.69, 9.17) is 0 Å². The Balaban J connectivity index is 1.61. The molecule has 2 aromatic carbocycles. The van der Waals surface area contributed by atoms with Gasteiger partial charge in [0, 0.05) is 10.6 Å². The van der Waals surface area contributed by atoms with E-state index in [0.717, 1.165) is 17.7 Å². The normalized spacial score (nSPS) is 13.2. The lowest BCUT2D eigenvalue weighted by molar-refractivity contribution is -0.113. The fourth-order valence-electron chi connectivity index (χ4n) is 3.34. The van der Waals surface area contributed by atoms with Gasteiger partial charge in [-0.15, -0.1) is 11.8 Å². The number of nitrogens with one attached hydrogen (secondary N) is 2. The van der Waals surface area contributed by atoms with E-state index in [1.54, 1.807) is 25.1 Å². The molecule has 0 radical (unpaired) electrons. The van der Waals surface area contributed by atoms with Gasteiger partial charge in [-0.3, -0.25) is 9.52 Å². The number of sulfonamides is 1. The third-order valence-electron chi connectivity index (χ3n) is 4.79. The molecule has 0 fully saturated rings. The summed E-state index contributed by atoms with van der Waals surface area (Å²) in [7, 11) is -3.37. The fourth-order valence-corrected chi connectivity index (χ4v) is 5.30. The Morgan fingerprint density at radius 3 is 2.64 bits per heavy atom. The van der Waals surface area contributed by atoms with Gasteiger partial charge in [0.1, 0.15) is 0 Å². The van der Waals surface area contributed by atoms with Crippen molar-refractivity contribution in [1.82, 2.24) is 0 Å². The molecule has 7 heteroatoms. The van der Waals surface area contributed by atoms with E-state index in [-0.39, 0.29) is 11.7 Å². The second kappa shape index (κ2) is 9.01. The number of amides is 1. The molecule has 1 aliphatic carbocycles. The van der Waals surface area contributed by atoms with Gasteiger partial charge < -0.3 is 5.32 Å². The van der Waals surface area contributed by atoms with Crippen molar-refractivity contribution in [3.05, 3.63) is 53.1 Å². The monoisotopic (exact) mass is 418 g/mol. The molecule has 0 unspecified atom stereocenters. The van der Waals surface area contributed by atoms with Crippen LogP contribution in [-0.4, -0.2) is 25.8 Å². The summed E-state index contributed by atoms with van der Waals surface area (Å²) in [4.78, 5) is 13.5. The zero-order valence-electron chi connectivity index (χ0n) is 16.2. The molecule has 2 N–H and O–H groups in total. The summed E-state index contributed by atoms with van der Waals surface area (Å²) >= 11 is 1.52. The zero-order valence-corrected chi connectivity index (χ0v) is 17.9. The molecule has 0 heterocycles. The van der Waals surface area contributed by atoms with Crippen LogP contribution in [0.3, 0.4) is 0 Å². The number of hydrogen-bond donors (Lipinski definition) is 2. The predicted octanol–water partition coefficient (Wildman–Crippen LogP) is 4.37. The second-order valence-electron chi connectivity index (χ2n) is 7.02. The van der Waals surface area contributed by atoms with E-state index < -0.39 is 10.0 Å². The van der Waals surface area contributed by atoms with E-state index in [2.05, 4.69) is 28.2 Å². The minimum Gasteiger partial charge on any atom is -0.325 e. The maximum Gasteiger partial charge on any atom is 0.234 e. The van der Waals surface area contributed by atoms with Crippen LogP contribution in [0.5, 0.6) is 0 Å². The largest absolute Gasteiger partial charge is 0.325 e. The summed E-state index contributed by atoms with van der Waals surface area (Å²) in [5, 5.41) is 2.90. The Hall–Kier alpha value is -1.99. The Bertz CT molecular complexity index is 972. The number of hydrogen-bond acceptors (Lipinski definition) is 4. The van der Waals surface area contributed by atoms with Crippen LogP contribution in [0.1, 0.15) is 36.5 Å². The SMILES string of the molecule is CCCS(=O)(=O)Nc1cccc(NC(=O)CSc2ccc3c(c2)CCC3)c1C. The Kier molecular flexibility index (Phi) is 6.67. The van der Waals surface area contributed by atoms with Crippen molar-refractivity contribution in [2.45, 2.75) is 44.4 Å². The van der Waals surface area contributed by atoms with Crippen LogP contribution in [-0.2, 0) is 27.7 Å². The molecule has 150 valence electrons. The molecular formula is C21H26N2O3S2. The summed E-state index contributed by atoms with van der Waals surface area (Å²) < 4.78 is 26.6. The molecule has 5 nitrogen and oxygen atoms in total. The fraction of sp³-hybridized carbons (Fsp3) is 0.381. The van der Waals surface area contributed by atoms with Gasteiger partial charge >= 0.3 is 0 Å². The van der Waals surface area contributed by atoms with Crippen molar-refractivity contribution in [3.8, 4) is 0 Å². The highest BCUT2D eigenvalue weighted by atomic mass is 32.2. The smallest absolute Gasteiger partial charge is 0.234 e. The van der Waals surface area contributed by atoms with Crippen molar-refractivity contribution in [1.29, 1.82) is 0 Å². The topological polar surface area (TPSA) is 75.3 Å². The average molecular weight is 419 g/mol. The van der Waals surface area contributed by atoms with Crippen LogP contribution in [0.4, 0.5) is 11.4 Å². The van der Waals surface area contributed by atoms with E-state index in [9.17, 15) is 13.2 Å². The van der Waals surface area contributed by atoms with Crippen LogP contribution < -0.4 is 10.0 Å². The average Bonchev–Trinajstić information content (AvgIpc) is 3.11. The number of carbonyl (C=O) groups excluding carboxylic acids is 1. The molecule has 28 heavy (non-hydrogen) atoms. The number of benzene rings is 2. The van der Waals surface area contributed by atoms with E-state index in [1.165, 1.54) is 29.3 Å². The lowest BCUT2D eigenvalue weighted by atomic mass is 10.1. The third kappa shape index (κ3) is 5.29. The van der Waals surface area contributed by atoms with Gasteiger partial charge in [0.15, 0.2) is 0 Å². The Morgan fingerprint density at radius 2 is 1.86 bits per heavy atom. The van der Waals surface area contributed by atoms with Gasteiger partial charge in [0.25, 0.3) is 0 Å². The molecule has 0 saturated heterocycles. The standard InChI is InChI=1S/C21H26N2O3S2/c1-3-12-28(25,26)23-20-9-5-8-19(15(20)2)22-21(24)14-27-18-11-10-16-6-4-7-17(16)13-18/h5,8-11,13,23H,3-4,6-7,12,14H2,1-2H3,(H,22,24). The van der Waals surface area contributed by atoms with Gasteiger partial charge in [-0.05, 0) is 73.6 Å². The van der Waals surface area contributed by atoms with Crippen LogP contribution in [0.25, 0.3) is 0 Å². The minimum atomic E-state index is -3.37. The Morgan fingerprint density at radius 1 is 1.11 bits per heavy atom. The number of thioether (sulfide) groups is 1. The summed E-state index contributed by atoms with van der Waals surface area (Å²) in [6.07, 6.45) is 4.03. The molecule has 0 saturated carbocycles. The quantitative estimate of drug-likeness (QED) is 0.625. The van der Waals surface area contributed by atoms with Crippen LogP contribution in [0.2, 0.25) is 0 Å². The first-order chi connectivity index (χ1) is 13.4. The number of carbonyl (C=O) groups is 1. The van der Waals surface area contributed by atoms with Gasteiger partial charge in [0.2, 0.25) is 15.9 Å². The lowest BCUT2D eigenvalue weighted by Gasteiger charge is -2.14. The number of rotatable bonds is 8. The van der Waals surface area contributed by atoms with Crippen molar-refractivity contribution in [3.63, 3.8) is 0 Å². The first kappa shape index (κ1) is 20.7. The van der Waals surface area contributed by atoms with Crippen LogP contribution >= 0.6 is 11.8 Å². The maximum atomic E-state index is 12.4. The molecular weight excluding hydrogens is 392 g/mol.